The summed E-state index contributed by atoms with van der Waals surface area (Å²) in [5, 5.41) is 17.3. The van der Waals surface area contributed by atoms with E-state index in [1.807, 2.05) is 36.5 Å². The Morgan fingerprint density at radius 1 is 1.22 bits per heavy atom. The molecule has 5 heteroatoms. The number of H-pyrrole nitrogens is 1. The molecule has 0 bridgehead atoms. The summed E-state index contributed by atoms with van der Waals surface area (Å²) in [5.74, 6) is 0.752. The lowest BCUT2D eigenvalue weighted by molar-refractivity contribution is 0.167. The molecule has 1 saturated heterocycles. The van der Waals surface area contributed by atoms with Crippen LogP contribution >= 0.6 is 0 Å². The Labute approximate surface area is 134 Å². The number of aromatic amines is 1. The summed E-state index contributed by atoms with van der Waals surface area (Å²) >= 11 is 0. The van der Waals surface area contributed by atoms with Crippen LogP contribution in [0, 0.1) is 0 Å². The van der Waals surface area contributed by atoms with E-state index < -0.39 is 0 Å². The van der Waals surface area contributed by atoms with Crippen molar-refractivity contribution in [2.45, 2.75) is 18.6 Å². The summed E-state index contributed by atoms with van der Waals surface area (Å²) in [5.41, 5.74) is 3.08. The van der Waals surface area contributed by atoms with Crippen molar-refractivity contribution in [1.82, 2.24) is 15.1 Å². The zero-order chi connectivity index (χ0) is 15.6. The monoisotopic (exact) mass is 309 g/mol. The summed E-state index contributed by atoms with van der Waals surface area (Å²) in [6.07, 6.45) is 4.13. The van der Waals surface area contributed by atoms with Crippen LogP contribution in [0.15, 0.2) is 59.3 Å². The number of aromatic nitrogens is 2. The number of rotatable bonds is 4. The van der Waals surface area contributed by atoms with Crippen molar-refractivity contribution in [2.24, 2.45) is 0 Å². The predicted octanol–water partition coefficient (Wildman–Crippen LogP) is 2.83. The van der Waals surface area contributed by atoms with Gasteiger partial charge in [0.05, 0.1) is 18.4 Å². The summed E-state index contributed by atoms with van der Waals surface area (Å²) < 4.78 is 5.54. The zero-order valence-electron chi connectivity index (χ0n) is 12.7. The normalized spacial score (nSPS) is 20.0. The Kier molecular flexibility index (Phi) is 3.73. The van der Waals surface area contributed by atoms with Gasteiger partial charge in [-0.1, -0.05) is 30.3 Å². The van der Waals surface area contributed by atoms with Gasteiger partial charge in [-0.15, -0.1) is 0 Å². The summed E-state index contributed by atoms with van der Waals surface area (Å²) in [7, 11) is 0. The fourth-order valence-electron chi connectivity index (χ4n) is 3.34. The predicted molar refractivity (Wildman–Crippen MR) is 86.8 cm³/mol. The molecule has 0 radical (unpaired) electrons. The van der Waals surface area contributed by atoms with Crippen LogP contribution in [0.25, 0.3) is 11.5 Å². The summed E-state index contributed by atoms with van der Waals surface area (Å²) in [6, 6.07) is 14.2. The molecule has 0 amide bonds. The lowest BCUT2D eigenvalue weighted by atomic mass is 9.97. The van der Waals surface area contributed by atoms with Crippen molar-refractivity contribution in [3.63, 3.8) is 0 Å². The minimum absolute atomic E-state index is 0.0483. The van der Waals surface area contributed by atoms with Gasteiger partial charge in [0.15, 0.2) is 5.76 Å². The highest BCUT2D eigenvalue weighted by Gasteiger charge is 2.32. The maximum atomic E-state index is 9.96. The van der Waals surface area contributed by atoms with Gasteiger partial charge in [-0.2, -0.15) is 5.10 Å². The van der Waals surface area contributed by atoms with E-state index in [0.717, 1.165) is 30.0 Å². The third-order valence-electron chi connectivity index (χ3n) is 4.39. The first-order chi connectivity index (χ1) is 11.3. The fourth-order valence-corrected chi connectivity index (χ4v) is 3.34. The zero-order valence-corrected chi connectivity index (χ0v) is 12.7. The van der Waals surface area contributed by atoms with Crippen LogP contribution in [0.4, 0.5) is 0 Å². The van der Waals surface area contributed by atoms with Crippen molar-refractivity contribution in [3.05, 3.63) is 66.1 Å². The number of nitrogens with one attached hydrogen (secondary N) is 1. The Balaban J connectivity index is 1.79. The SMILES string of the molecule is OC1CCN(C(c2ccccc2)c2c[nH]nc2-c2ccco2)C1. The highest BCUT2D eigenvalue weighted by atomic mass is 16.3. The fraction of sp³-hybridized carbons (Fsp3) is 0.278. The number of nitrogens with zero attached hydrogens (tertiary/aromatic N) is 2. The molecular formula is C18H19N3O2. The molecule has 3 aromatic rings. The molecule has 118 valence electrons. The molecule has 2 atom stereocenters. The molecule has 5 nitrogen and oxygen atoms in total. The number of aliphatic hydroxyl groups is 1. The number of hydrogen-bond acceptors (Lipinski definition) is 4. The largest absolute Gasteiger partial charge is 0.463 e. The number of benzene rings is 1. The van der Waals surface area contributed by atoms with Gasteiger partial charge < -0.3 is 9.52 Å². The summed E-state index contributed by atoms with van der Waals surface area (Å²) in [6.45, 7) is 1.53. The van der Waals surface area contributed by atoms with Crippen molar-refractivity contribution >= 4 is 0 Å². The first-order valence-electron chi connectivity index (χ1n) is 7.87. The van der Waals surface area contributed by atoms with Crippen molar-refractivity contribution in [2.75, 3.05) is 13.1 Å². The minimum Gasteiger partial charge on any atom is -0.463 e. The number of likely N-dealkylation sites (tertiary alicyclic amines) is 1. The molecule has 3 heterocycles. The maximum Gasteiger partial charge on any atom is 0.154 e. The van der Waals surface area contributed by atoms with Gasteiger partial charge in [0.2, 0.25) is 0 Å². The number of β-amino-alcohol motifs (C(OH)–C–C–N with tert-alkyl or cyclic N) is 1. The van der Waals surface area contributed by atoms with Gasteiger partial charge in [0.25, 0.3) is 0 Å². The second-order valence-electron chi connectivity index (χ2n) is 5.92. The van der Waals surface area contributed by atoms with Crippen molar-refractivity contribution in [1.29, 1.82) is 0 Å². The quantitative estimate of drug-likeness (QED) is 0.778. The molecule has 2 unspecified atom stereocenters. The second kappa shape index (κ2) is 6.02. The Morgan fingerprint density at radius 2 is 2.09 bits per heavy atom. The van der Waals surface area contributed by atoms with Crippen LogP contribution < -0.4 is 0 Å². The van der Waals surface area contributed by atoms with E-state index in [9.17, 15) is 5.11 Å². The van der Waals surface area contributed by atoms with E-state index in [1.165, 1.54) is 5.56 Å². The summed E-state index contributed by atoms with van der Waals surface area (Å²) in [4.78, 5) is 2.30. The molecule has 4 rings (SSSR count). The molecule has 23 heavy (non-hydrogen) atoms. The van der Waals surface area contributed by atoms with E-state index in [-0.39, 0.29) is 12.1 Å². The van der Waals surface area contributed by atoms with Crippen LogP contribution in [-0.2, 0) is 0 Å². The Morgan fingerprint density at radius 3 is 2.78 bits per heavy atom. The highest BCUT2D eigenvalue weighted by Crippen LogP contribution is 2.36. The topological polar surface area (TPSA) is 65.3 Å². The van der Waals surface area contributed by atoms with E-state index in [1.54, 1.807) is 6.26 Å². The first kappa shape index (κ1) is 14.2. The van der Waals surface area contributed by atoms with Crippen LogP contribution in [0.3, 0.4) is 0 Å². The molecule has 0 aliphatic carbocycles. The van der Waals surface area contributed by atoms with Crippen molar-refractivity contribution in [3.8, 4) is 11.5 Å². The van der Waals surface area contributed by atoms with Crippen LogP contribution in [0.1, 0.15) is 23.6 Å². The van der Waals surface area contributed by atoms with Crippen LogP contribution in [-0.4, -0.2) is 39.4 Å². The van der Waals surface area contributed by atoms with Gasteiger partial charge in [-0.05, 0) is 24.1 Å². The number of furan rings is 1. The Hall–Kier alpha value is -2.37. The average Bonchev–Trinajstić information content (AvgIpc) is 3.30. The van der Waals surface area contributed by atoms with Gasteiger partial charge in [0.1, 0.15) is 5.69 Å². The van der Waals surface area contributed by atoms with Crippen molar-refractivity contribution < 1.29 is 9.52 Å². The number of aliphatic hydroxyl groups excluding tert-OH is 1. The minimum atomic E-state index is -0.264. The smallest absolute Gasteiger partial charge is 0.154 e. The van der Waals surface area contributed by atoms with Gasteiger partial charge in [0, 0.05) is 24.8 Å². The molecular weight excluding hydrogens is 290 g/mol. The Bertz CT molecular complexity index is 752. The standard InChI is InChI=1S/C18H19N3O2/c22-14-8-9-21(12-14)18(13-5-2-1-3-6-13)15-11-19-20-17(15)16-7-4-10-23-16/h1-7,10-11,14,18,22H,8-9,12H2,(H,19,20). The van der Waals surface area contributed by atoms with Crippen LogP contribution in [0.5, 0.6) is 0 Å². The molecule has 1 aliphatic rings. The maximum absolute atomic E-state index is 9.96. The van der Waals surface area contributed by atoms with E-state index in [0.29, 0.717) is 6.54 Å². The van der Waals surface area contributed by atoms with Gasteiger partial charge >= 0.3 is 0 Å². The first-order valence-corrected chi connectivity index (χ1v) is 7.87. The van der Waals surface area contributed by atoms with E-state index in [4.69, 9.17) is 4.42 Å². The van der Waals surface area contributed by atoms with Gasteiger partial charge in [-0.3, -0.25) is 10.00 Å². The third kappa shape index (κ3) is 2.69. The molecule has 2 N–H and O–H groups in total. The molecule has 0 saturated carbocycles. The average molecular weight is 309 g/mol. The molecule has 1 aromatic carbocycles. The van der Waals surface area contributed by atoms with Crippen LogP contribution in [0.2, 0.25) is 0 Å². The number of hydrogen-bond donors (Lipinski definition) is 2. The molecule has 0 spiro atoms. The van der Waals surface area contributed by atoms with E-state index >= 15 is 0 Å². The van der Waals surface area contributed by atoms with Gasteiger partial charge in [-0.25, -0.2) is 0 Å². The molecule has 1 fully saturated rings. The van der Waals surface area contributed by atoms with E-state index in [2.05, 4.69) is 27.2 Å². The third-order valence-corrected chi connectivity index (χ3v) is 4.39. The molecule has 1 aliphatic heterocycles. The highest BCUT2D eigenvalue weighted by molar-refractivity contribution is 5.58. The lowest BCUT2D eigenvalue weighted by Crippen LogP contribution is -2.28. The second-order valence-corrected chi connectivity index (χ2v) is 5.92. The molecule has 2 aromatic heterocycles. The lowest BCUT2D eigenvalue weighted by Gasteiger charge is -2.28.